The maximum Gasteiger partial charge on any atom is 0.317 e. The van der Waals surface area contributed by atoms with Gasteiger partial charge >= 0.3 is 6.03 Å². The monoisotopic (exact) mass is 296 g/mol. The largest absolute Gasteiger partial charge is 0.344 e. The van der Waals surface area contributed by atoms with Crippen molar-refractivity contribution < 1.29 is 14.4 Å². The van der Waals surface area contributed by atoms with E-state index in [1.165, 1.54) is 0 Å². The molecule has 0 aliphatic carbocycles. The summed E-state index contributed by atoms with van der Waals surface area (Å²) < 4.78 is 0. The number of nitrogens with one attached hydrogen (secondary N) is 2. The van der Waals surface area contributed by atoms with Crippen molar-refractivity contribution in [1.29, 1.82) is 0 Å². The van der Waals surface area contributed by atoms with E-state index in [1.54, 1.807) is 9.80 Å². The third-order valence-electron chi connectivity index (χ3n) is 3.65. The van der Waals surface area contributed by atoms with E-state index < -0.39 is 0 Å². The third kappa shape index (κ3) is 4.09. The highest BCUT2D eigenvalue weighted by atomic mass is 16.2. The van der Waals surface area contributed by atoms with Crippen LogP contribution in [0.2, 0.25) is 0 Å². The van der Waals surface area contributed by atoms with Crippen molar-refractivity contribution >= 4 is 17.8 Å². The van der Waals surface area contributed by atoms with Crippen LogP contribution in [0.25, 0.3) is 0 Å². The predicted octanol–water partition coefficient (Wildman–Crippen LogP) is -0.0827. The normalized spacial score (nSPS) is 23.0. The maximum absolute atomic E-state index is 12.2. The molecule has 0 aromatic carbocycles. The van der Waals surface area contributed by atoms with Crippen LogP contribution in [0.3, 0.4) is 0 Å². The average Bonchev–Trinajstić information content (AvgIpc) is 2.83. The molecule has 1 unspecified atom stereocenters. The van der Waals surface area contributed by atoms with Gasteiger partial charge in [-0.1, -0.05) is 0 Å². The minimum atomic E-state index is -0.382. The van der Waals surface area contributed by atoms with Gasteiger partial charge in [0.1, 0.15) is 6.04 Å². The van der Waals surface area contributed by atoms with E-state index >= 15 is 0 Å². The predicted molar refractivity (Wildman–Crippen MR) is 77.6 cm³/mol. The first-order chi connectivity index (χ1) is 9.76. The van der Waals surface area contributed by atoms with Crippen molar-refractivity contribution in [1.82, 2.24) is 20.4 Å². The van der Waals surface area contributed by atoms with Gasteiger partial charge in [-0.05, 0) is 27.2 Å². The second kappa shape index (κ2) is 5.91. The number of hydrogen-bond donors (Lipinski definition) is 2. The summed E-state index contributed by atoms with van der Waals surface area (Å²) in [4.78, 5) is 38.9. The number of nitrogens with zero attached hydrogens (tertiary/aromatic N) is 2. The van der Waals surface area contributed by atoms with Gasteiger partial charge in [0.25, 0.3) is 0 Å². The quantitative estimate of drug-likeness (QED) is 0.710. The van der Waals surface area contributed by atoms with E-state index in [0.29, 0.717) is 39.0 Å². The second-order valence-electron chi connectivity index (χ2n) is 6.65. The lowest BCUT2D eigenvalue weighted by atomic mass is 10.1. The number of piperazine rings is 1. The van der Waals surface area contributed by atoms with Crippen LogP contribution in [0.1, 0.15) is 33.6 Å². The summed E-state index contributed by atoms with van der Waals surface area (Å²) in [7, 11) is 0. The summed E-state index contributed by atoms with van der Waals surface area (Å²) in [6.07, 6.45) is 0.993. The summed E-state index contributed by atoms with van der Waals surface area (Å²) in [5, 5.41) is 5.61. The van der Waals surface area contributed by atoms with Crippen LogP contribution < -0.4 is 10.6 Å². The Morgan fingerprint density at radius 2 is 1.71 bits per heavy atom. The van der Waals surface area contributed by atoms with Crippen molar-refractivity contribution in [2.24, 2.45) is 0 Å². The highest BCUT2D eigenvalue weighted by Gasteiger charge is 2.33. The number of rotatable bonds is 1. The van der Waals surface area contributed by atoms with E-state index in [1.807, 2.05) is 20.8 Å². The number of carbonyl (C=O) groups excluding carboxylic acids is 3. The van der Waals surface area contributed by atoms with Crippen molar-refractivity contribution in [2.45, 2.75) is 45.2 Å². The fourth-order valence-electron chi connectivity index (χ4n) is 2.55. The Hall–Kier alpha value is -1.79. The van der Waals surface area contributed by atoms with Crippen LogP contribution in [0.4, 0.5) is 4.79 Å². The van der Waals surface area contributed by atoms with Crippen LogP contribution in [-0.2, 0) is 9.59 Å². The molecule has 4 amide bonds. The molecule has 0 saturated carbocycles. The molecule has 2 saturated heterocycles. The Morgan fingerprint density at radius 3 is 2.19 bits per heavy atom. The Morgan fingerprint density at radius 1 is 1.14 bits per heavy atom. The molecule has 0 aromatic heterocycles. The van der Waals surface area contributed by atoms with Crippen LogP contribution in [0.5, 0.6) is 0 Å². The molecule has 118 valence electrons. The zero-order chi connectivity index (χ0) is 15.6. The van der Waals surface area contributed by atoms with Gasteiger partial charge in [0.05, 0.1) is 0 Å². The molecule has 2 N–H and O–H groups in total. The molecule has 2 aliphatic heterocycles. The van der Waals surface area contributed by atoms with E-state index in [0.717, 1.165) is 0 Å². The lowest BCUT2D eigenvalue weighted by molar-refractivity contribution is -0.135. The summed E-state index contributed by atoms with van der Waals surface area (Å²) in [5.41, 5.74) is -0.266. The molecule has 0 bridgehead atoms. The number of carbonyl (C=O) groups is 3. The van der Waals surface area contributed by atoms with Crippen molar-refractivity contribution in [3.63, 3.8) is 0 Å². The first-order valence-electron chi connectivity index (χ1n) is 7.41. The molecule has 0 radical (unpaired) electrons. The molecule has 1 atom stereocenters. The lowest BCUT2D eigenvalue weighted by Crippen LogP contribution is -2.57. The Bertz CT molecular complexity index is 436. The SMILES string of the molecule is CC(C)(C)NC(=O)N1CCN(C(=O)C2CCC(=O)N2)CC1. The average molecular weight is 296 g/mol. The molecule has 0 spiro atoms. The van der Waals surface area contributed by atoms with Gasteiger partial charge in [0.2, 0.25) is 11.8 Å². The van der Waals surface area contributed by atoms with E-state index in [4.69, 9.17) is 0 Å². The van der Waals surface area contributed by atoms with Crippen LogP contribution >= 0.6 is 0 Å². The van der Waals surface area contributed by atoms with Gasteiger partial charge in [-0.15, -0.1) is 0 Å². The molecule has 0 aromatic rings. The maximum atomic E-state index is 12.2. The van der Waals surface area contributed by atoms with Gasteiger partial charge < -0.3 is 20.4 Å². The Kier molecular flexibility index (Phi) is 4.39. The molecule has 7 heteroatoms. The van der Waals surface area contributed by atoms with Gasteiger partial charge in [0, 0.05) is 38.1 Å². The topological polar surface area (TPSA) is 81.8 Å². The van der Waals surface area contributed by atoms with Gasteiger partial charge in [0.15, 0.2) is 0 Å². The first kappa shape index (κ1) is 15.6. The molecular formula is C14H24N4O3. The zero-order valence-electron chi connectivity index (χ0n) is 12.9. The molecule has 21 heavy (non-hydrogen) atoms. The van der Waals surface area contributed by atoms with Crippen molar-refractivity contribution in [3.8, 4) is 0 Å². The van der Waals surface area contributed by atoms with Gasteiger partial charge in [-0.25, -0.2) is 4.79 Å². The van der Waals surface area contributed by atoms with Gasteiger partial charge in [-0.3, -0.25) is 9.59 Å². The van der Waals surface area contributed by atoms with E-state index in [9.17, 15) is 14.4 Å². The lowest BCUT2D eigenvalue weighted by Gasteiger charge is -2.37. The Labute approximate surface area is 125 Å². The van der Waals surface area contributed by atoms with Crippen LogP contribution in [0, 0.1) is 0 Å². The molecule has 2 fully saturated rings. The highest BCUT2D eigenvalue weighted by Crippen LogP contribution is 2.12. The summed E-state index contributed by atoms with van der Waals surface area (Å²) in [6, 6.07) is -0.476. The summed E-state index contributed by atoms with van der Waals surface area (Å²) >= 11 is 0. The molecule has 2 rings (SSSR count). The number of urea groups is 1. The number of amides is 4. The van der Waals surface area contributed by atoms with E-state index in [2.05, 4.69) is 10.6 Å². The standard InChI is InChI=1S/C14H24N4O3/c1-14(2,3)16-13(21)18-8-6-17(7-9-18)12(20)10-4-5-11(19)15-10/h10H,4-9H2,1-3H3,(H,15,19)(H,16,21). The molecule has 2 aliphatic rings. The third-order valence-corrected chi connectivity index (χ3v) is 3.65. The summed E-state index contributed by atoms with van der Waals surface area (Å²) in [5.74, 6) is -0.0896. The second-order valence-corrected chi connectivity index (χ2v) is 6.65. The molecular weight excluding hydrogens is 272 g/mol. The van der Waals surface area contributed by atoms with Crippen LogP contribution in [-0.4, -0.2) is 65.4 Å². The minimum Gasteiger partial charge on any atom is -0.344 e. The van der Waals surface area contributed by atoms with Crippen molar-refractivity contribution in [3.05, 3.63) is 0 Å². The highest BCUT2D eigenvalue weighted by molar-refractivity contribution is 5.91. The smallest absolute Gasteiger partial charge is 0.317 e. The fourth-order valence-corrected chi connectivity index (χ4v) is 2.55. The molecule has 2 heterocycles. The minimum absolute atomic E-state index is 0.0308. The molecule has 7 nitrogen and oxygen atoms in total. The van der Waals surface area contributed by atoms with Crippen LogP contribution in [0.15, 0.2) is 0 Å². The Balaban J connectivity index is 1.81. The number of hydrogen-bond acceptors (Lipinski definition) is 3. The summed E-state index contributed by atoms with van der Waals surface area (Å²) in [6.45, 7) is 7.89. The van der Waals surface area contributed by atoms with Crippen molar-refractivity contribution in [2.75, 3.05) is 26.2 Å². The fraction of sp³-hybridized carbons (Fsp3) is 0.786. The van der Waals surface area contributed by atoms with Gasteiger partial charge in [-0.2, -0.15) is 0 Å². The van der Waals surface area contributed by atoms with E-state index in [-0.39, 0.29) is 29.4 Å². The first-order valence-corrected chi connectivity index (χ1v) is 7.41. The zero-order valence-corrected chi connectivity index (χ0v) is 12.9.